The number of hydrogen-bond donors (Lipinski definition) is 1. The molecule has 1 heterocycles. The lowest BCUT2D eigenvalue weighted by Crippen LogP contribution is -2.38. The molecule has 1 aromatic rings. The first-order valence-electron chi connectivity index (χ1n) is 9.62. The summed E-state index contributed by atoms with van der Waals surface area (Å²) in [5.74, 6) is 0.853. The maximum absolute atomic E-state index is 11.3. The van der Waals surface area contributed by atoms with E-state index in [1.54, 1.807) is 11.3 Å². The zero-order valence-electron chi connectivity index (χ0n) is 16.7. The molecule has 148 valence electrons. The lowest BCUT2D eigenvalue weighted by atomic mass is 10.1. The van der Waals surface area contributed by atoms with Gasteiger partial charge in [-0.15, -0.1) is 11.3 Å². The van der Waals surface area contributed by atoms with Crippen LogP contribution in [0.25, 0.3) is 0 Å². The normalized spacial score (nSPS) is 11.5. The average molecular weight is 383 g/mol. The Morgan fingerprint density at radius 1 is 1.27 bits per heavy atom. The van der Waals surface area contributed by atoms with Crippen LogP contribution in [0.5, 0.6) is 0 Å². The predicted octanol–water partition coefficient (Wildman–Crippen LogP) is 3.75. The van der Waals surface area contributed by atoms with Crippen LogP contribution >= 0.6 is 11.3 Å². The lowest BCUT2D eigenvalue weighted by Gasteiger charge is -2.21. The van der Waals surface area contributed by atoms with Crippen molar-refractivity contribution in [3.63, 3.8) is 0 Å². The molecule has 1 aromatic heterocycles. The number of nitrogens with zero attached hydrogens (tertiary/aromatic N) is 3. The van der Waals surface area contributed by atoms with Crippen LogP contribution in [0.1, 0.15) is 63.1 Å². The summed E-state index contributed by atoms with van der Waals surface area (Å²) in [6, 6.07) is 0. The van der Waals surface area contributed by atoms with Crippen LogP contribution in [-0.4, -0.2) is 48.6 Å². The molecule has 26 heavy (non-hydrogen) atoms. The maximum atomic E-state index is 11.3. The summed E-state index contributed by atoms with van der Waals surface area (Å²) < 4.78 is 4.93. The van der Waals surface area contributed by atoms with Gasteiger partial charge in [0.15, 0.2) is 5.96 Å². The third kappa shape index (κ3) is 9.75. The second-order valence-electron chi connectivity index (χ2n) is 6.27. The third-order valence-electron chi connectivity index (χ3n) is 3.87. The highest BCUT2D eigenvalue weighted by molar-refractivity contribution is 7.09. The fraction of sp³-hybridized carbons (Fsp3) is 0.737. The SMILES string of the molecule is CCNC(=NCCCCCCCC(=O)OCC)N(C)Cc1csc(C)n1. The average Bonchev–Trinajstić information content (AvgIpc) is 3.01. The number of esters is 1. The summed E-state index contributed by atoms with van der Waals surface area (Å²) >= 11 is 1.68. The van der Waals surface area contributed by atoms with Crippen molar-refractivity contribution in [1.29, 1.82) is 0 Å². The summed E-state index contributed by atoms with van der Waals surface area (Å²) in [7, 11) is 2.05. The fourth-order valence-electron chi connectivity index (χ4n) is 2.60. The number of hydrogen-bond acceptors (Lipinski definition) is 5. The van der Waals surface area contributed by atoms with E-state index in [0.29, 0.717) is 13.0 Å². The van der Waals surface area contributed by atoms with Crippen molar-refractivity contribution >= 4 is 23.3 Å². The highest BCUT2D eigenvalue weighted by Crippen LogP contribution is 2.10. The zero-order chi connectivity index (χ0) is 19.2. The number of aliphatic imine (C=N–C) groups is 1. The molecule has 0 aliphatic rings. The van der Waals surface area contributed by atoms with Crippen molar-refractivity contribution in [2.24, 2.45) is 4.99 Å². The van der Waals surface area contributed by atoms with Gasteiger partial charge in [0, 0.05) is 31.9 Å². The Bertz CT molecular complexity index is 545. The van der Waals surface area contributed by atoms with Gasteiger partial charge in [-0.05, 0) is 33.6 Å². The number of rotatable bonds is 12. The van der Waals surface area contributed by atoms with Gasteiger partial charge in [-0.2, -0.15) is 0 Å². The molecule has 0 amide bonds. The standard InChI is InChI=1S/C19H34N4O2S/c1-5-20-19(23(4)14-17-15-26-16(3)22-17)21-13-11-9-7-8-10-12-18(24)25-6-2/h15H,5-14H2,1-4H3,(H,20,21). The van der Waals surface area contributed by atoms with E-state index in [4.69, 9.17) is 9.73 Å². The molecule has 1 rings (SSSR count). The van der Waals surface area contributed by atoms with E-state index in [1.807, 2.05) is 20.9 Å². The summed E-state index contributed by atoms with van der Waals surface area (Å²) in [5.41, 5.74) is 1.09. The Morgan fingerprint density at radius 3 is 2.65 bits per heavy atom. The van der Waals surface area contributed by atoms with Crippen molar-refractivity contribution in [3.8, 4) is 0 Å². The molecule has 0 bridgehead atoms. The molecule has 0 saturated carbocycles. The monoisotopic (exact) mass is 382 g/mol. The van der Waals surface area contributed by atoms with Crippen LogP contribution in [0.3, 0.4) is 0 Å². The first-order valence-corrected chi connectivity index (χ1v) is 10.5. The summed E-state index contributed by atoms with van der Waals surface area (Å²) in [5, 5.41) is 6.54. The molecule has 6 nitrogen and oxygen atoms in total. The molecule has 7 heteroatoms. The maximum Gasteiger partial charge on any atom is 0.305 e. The number of carbonyl (C=O) groups excluding carboxylic acids is 1. The number of ether oxygens (including phenoxy) is 1. The molecule has 0 aliphatic carbocycles. The van der Waals surface area contributed by atoms with Crippen molar-refractivity contribution in [1.82, 2.24) is 15.2 Å². The van der Waals surface area contributed by atoms with Crippen LogP contribution in [0.2, 0.25) is 0 Å². The fourth-order valence-corrected chi connectivity index (χ4v) is 3.20. The van der Waals surface area contributed by atoms with Crippen LogP contribution in [0, 0.1) is 6.92 Å². The van der Waals surface area contributed by atoms with E-state index >= 15 is 0 Å². The van der Waals surface area contributed by atoms with Crippen molar-refractivity contribution in [3.05, 3.63) is 16.1 Å². The van der Waals surface area contributed by atoms with E-state index in [9.17, 15) is 4.79 Å². The van der Waals surface area contributed by atoms with Gasteiger partial charge in [0.05, 0.1) is 23.9 Å². The Balaban J connectivity index is 2.23. The number of aryl methyl sites for hydroxylation is 1. The molecule has 0 aliphatic heterocycles. The van der Waals surface area contributed by atoms with Crippen LogP contribution in [-0.2, 0) is 16.1 Å². The van der Waals surface area contributed by atoms with Gasteiger partial charge >= 0.3 is 5.97 Å². The first kappa shape index (κ1) is 22.4. The summed E-state index contributed by atoms with van der Waals surface area (Å²) in [6.07, 6.45) is 5.88. The second kappa shape index (κ2) is 13.6. The van der Waals surface area contributed by atoms with Crippen LogP contribution in [0.15, 0.2) is 10.4 Å². The molecule has 0 aromatic carbocycles. The van der Waals surface area contributed by atoms with Gasteiger partial charge in [-0.3, -0.25) is 9.79 Å². The minimum atomic E-state index is -0.0780. The topological polar surface area (TPSA) is 66.8 Å². The Hall–Kier alpha value is -1.63. The zero-order valence-corrected chi connectivity index (χ0v) is 17.5. The van der Waals surface area contributed by atoms with Gasteiger partial charge in [0.1, 0.15) is 0 Å². The minimum Gasteiger partial charge on any atom is -0.466 e. The van der Waals surface area contributed by atoms with Crippen molar-refractivity contribution in [2.45, 2.75) is 65.8 Å². The molecule has 1 N–H and O–H groups in total. The molecule has 0 atom stereocenters. The third-order valence-corrected chi connectivity index (χ3v) is 4.69. The summed E-state index contributed by atoms with van der Waals surface area (Å²) in [6.45, 7) is 8.87. The van der Waals surface area contributed by atoms with Gasteiger partial charge in [-0.25, -0.2) is 4.98 Å². The van der Waals surface area contributed by atoms with E-state index in [1.165, 1.54) is 0 Å². The number of nitrogens with one attached hydrogen (secondary N) is 1. The van der Waals surface area contributed by atoms with Gasteiger partial charge in [0.25, 0.3) is 0 Å². The van der Waals surface area contributed by atoms with E-state index in [-0.39, 0.29) is 5.97 Å². The largest absolute Gasteiger partial charge is 0.466 e. The lowest BCUT2D eigenvalue weighted by molar-refractivity contribution is -0.143. The van der Waals surface area contributed by atoms with Crippen LogP contribution < -0.4 is 5.32 Å². The van der Waals surface area contributed by atoms with Gasteiger partial charge in [0.2, 0.25) is 0 Å². The van der Waals surface area contributed by atoms with Crippen molar-refractivity contribution < 1.29 is 9.53 Å². The first-order chi connectivity index (χ1) is 12.6. The highest BCUT2D eigenvalue weighted by Gasteiger charge is 2.08. The quantitative estimate of drug-likeness (QED) is 0.258. The minimum absolute atomic E-state index is 0.0780. The predicted molar refractivity (Wildman–Crippen MR) is 109 cm³/mol. The van der Waals surface area contributed by atoms with Gasteiger partial charge in [-0.1, -0.05) is 19.3 Å². The molecule has 0 radical (unpaired) electrons. The van der Waals surface area contributed by atoms with E-state index in [0.717, 1.165) is 68.4 Å². The van der Waals surface area contributed by atoms with Crippen molar-refractivity contribution in [2.75, 3.05) is 26.7 Å². The smallest absolute Gasteiger partial charge is 0.305 e. The number of carbonyl (C=O) groups is 1. The van der Waals surface area contributed by atoms with E-state index < -0.39 is 0 Å². The van der Waals surface area contributed by atoms with Gasteiger partial charge < -0.3 is 15.0 Å². The molecular formula is C19H34N4O2S. The molecule has 0 saturated heterocycles. The Morgan fingerprint density at radius 2 is 2.00 bits per heavy atom. The number of aromatic nitrogens is 1. The molecule has 0 fully saturated rings. The molecule has 0 unspecified atom stereocenters. The summed E-state index contributed by atoms with van der Waals surface area (Å²) in [4.78, 5) is 22.6. The Kier molecular flexibility index (Phi) is 11.7. The molecular weight excluding hydrogens is 348 g/mol. The Labute approximate surface area is 162 Å². The number of unbranched alkanes of at least 4 members (excludes halogenated alkanes) is 4. The van der Waals surface area contributed by atoms with E-state index in [2.05, 4.69) is 27.5 Å². The number of thiazole rings is 1. The molecule has 0 spiro atoms. The second-order valence-corrected chi connectivity index (χ2v) is 7.33. The van der Waals surface area contributed by atoms with Crippen LogP contribution in [0.4, 0.5) is 0 Å². The number of guanidine groups is 1. The highest BCUT2D eigenvalue weighted by atomic mass is 32.1.